The van der Waals surface area contributed by atoms with Crippen LogP contribution in [0, 0.1) is 12.8 Å². The minimum atomic E-state index is -1.08. The van der Waals surface area contributed by atoms with Crippen LogP contribution in [0.15, 0.2) is 10.7 Å². The quantitative estimate of drug-likeness (QED) is 0.796. The van der Waals surface area contributed by atoms with Gasteiger partial charge in [0.05, 0.1) is 12.2 Å². The zero-order chi connectivity index (χ0) is 13.0. The zero-order valence-electron chi connectivity index (χ0n) is 9.90. The Kier molecular flexibility index (Phi) is 4.31. The highest BCUT2D eigenvalue weighted by atomic mass is 16.4. The highest BCUT2D eigenvalue weighted by Crippen LogP contribution is 2.22. The first kappa shape index (κ1) is 13.3. The van der Waals surface area contributed by atoms with E-state index in [4.69, 9.17) is 14.6 Å². The lowest BCUT2D eigenvalue weighted by atomic mass is 9.96. The Morgan fingerprint density at radius 2 is 2.06 bits per heavy atom. The molecule has 0 saturated heterocycles. The van der Waals surface area contributed by atoms with Crippen molar-refractivity contribution in [2.45, 2.75) is 33.1 Å². The van der Waals surface area contributed by atoms with Crippen molar-refractivity contribution < 1.29 is 24.2 Å². The number of hydrogen-bond acceptors (Lipinski definition) is 3. The average molecular weight is 240 g/mol. The molecule has 1 atom stereocenters. The molecule has 0 aliphatic carbocycles. The summed E-state index contributed by atoms with van der Waals surface area (Å²) >= 11 is 0. The lowest BCUT2D eigenvalue weighted by Gasteiger charge is -2.09. The van der Waals surface area contributed by atoms with E-state index >= 15 is 0 Å². The predicted molar refractivity (Wildman–Crippen MR) is 60.1 cm³/mol. The van der Waals surface area contributed by atoms with Crippen LogP contribution in [0.4, 0.5) is 0 Å². The molecule has 0 aliphatic heterocycles. The summed E-state index contributed by atoms with van der Waals surface area (Å²) in [5, 5.41) is 18.0. The summed E-state index contributed by atoms with van der Waals surface area (Å²) in [5.74, 6) is -2.34. The molecule has 94 valence electrons. The van der Waals surface area contributed by atoms with Gasteiger partial charge < -0.3 is 14.6 Å². The first-order valence-corrected chi connectivity index (χ1v) is 5.50. The summed E-state index contributed by atoms with van der Waals surface area (Å²) in [4.78, 5) is 22.0. The maximum absolute atomic E-state index is 11.0. The maximum atomic E-state index is 11.0. The molecule has 0 aliphatic rings. The van der Waals surface area contributed by atoms with Crippen molar-refractivity contribution in [1.82, 2.24) is 0 Å². The van der Waals surface area contributed by atoms with E-state index < -0.39 is 17.9 Å². The Morgan fingerprint density at radius 3 is 2.53 bits per heavy atom. The number of hydrogen-bond donors (Lipinski definition) is 2. The van der Waals surface area contributed by atoms with E-state index in [0.717, 1.165) is 6.42 Å². The van der Waals surface area contributed by atoms with Gasteiger partial charge in [-0.3, -0.25) is 4.79 Å². The van der Waals surface area contributed by atoms with Crippen LogP contribution in [0.2, 0.25) is 0 Å². The van der Waals surface area contributed by atoms with Crippen LogP contribution in [0.3, 0.4) is 0 Å². The minimum absolute atomic E-state index is 0.0901. The first-order valence-electron chi connectivity index (χ1n) is 5.50. The molecule has 2 N–H and O–H groups in total. The topological polar surface area (TPSA) is 87.7 Å². The monoisotopic (exact) mass is 240 g/mol. The lowest BCUT2D eigenvalue weighted by Crippen LogP contribution is -2.17. The van der Waals surface area contributed by atoms with Gasteiger partial charge in [0.25, 0.3) is 0 Å². The molecule has 1 rings (SSSR count). The summed E-state index contributed by atoms with van der Waals surface area (Å²) in [7, 11) is 0. The second-order valence-corrected chi connectivity index (χ2v) is 4.05. The number of carbonyl (C=O) groups is 2. The Hall–Kier alpha value is -1.78. The summed E-state index contributed by atoms with van der Waals surface area (Å²) < 4.78 is 5.14. The summed E-state index contributed by atoms with van der Waals surface area (Å²) in [6, 6.07) is 0. The van der Waals surface area contributed by atoms with Crippen LogP contribution in [0.5, 0.6) is 0 Å². The molecule has 0 fully saturated rings. The van der Waals surface area contributed by atoms with E-state index in [9.17, 15) is 9.59 Å². The largest absolute Gasteiger partial charge is 0.481 e. The number of carboxylic acids is 2. The third-order valence-corrected chi connectivity index (χ3v) is 2.68. The Bertz CT molecular complexity index is 419. The lowest BCUT2D eigenvalue weighted by molar-refractivity contribution is -0.142. The van der Waals surface area contributed by atoms with E-state index in [0.29, 0.717) is 12.0 Å². The third-order valence-electron chi connectivity index (χ3n) is 2.68. The van der Waals surface area contributed by atoms with Gasteiger partial charge in [-0.15, -0.1) is 0 Å². The molecule has 1 aromatic heterocycles. The van der Waals surface area contributed by atoms with Gasteiger partial charge in [0.15, 0.2) is 0 Å². The van der Waals surface area contributed by atoms with Crippen molar-refractivity contribution >= 4 is 11.9 Å². The fourth-order valence-electron chi connectivity index (χ4n) is 1.82. The number of aromatic carboxylic acids is 1. The van der Waals surface area contributed by atoms with Gasteiger partial charge in [-0.1, -0.05) is 13.3 Å². The Labute approximate surface area is 99.1 Å². The number of carboxylic acid groups (broad SMARTS) is 2. The van der Waals surface area contributed by atoms with Gasteiger partial charge in [0, 0.05) is 12.0 Å². The smallest absolute Gasteiger partial charge is 0.339 e. The molecule has 5 nitrogen and oxygen atoms in total. The van der Waals surface area contributed by atoms with E-state index in [1.165, 1.54) is 6.26 Å². The summed E-state index contributed by atoms with van der Waals surface area (Å²) in [5.41, 5.74) is 0.612. The molecule has 1 unspecified atom stereocenters. The van der Waals surface area contributed by atoms with Crippen LogP contribution in [-0.2, 0) is 11.2 Å². The molecule has 1 heterocycles. The van der Waals surface area contributed by atoms with Crippen LogP contribution in [-0.4, -0.2) is 22.2 Å². The molecular weight excluding hydrogens is 224 g/mol. The SMILES string of the molecule is CCCC(Cc1occ(C)c1C(=O)O)C(=O)O. The molecule has 1 aromatic rings. The van der Waals surface area contributed by atoms with Gasteiger partial charge >= 0.3 is 11.9 Å². The van der Waals surface area contributed by atoms with Crippen molar-refractivity contribution in [3.63, 3.8) is 0 Å². The van der Waals surface area contributed by atoms with Crippen molar-refractivity contribution in [3.8, 4) is 0 Å². The third kappa shape index (κ3) is 3.09. The van der Waals surface area contributed by atoms with Gasteiger partial charge in [-0.2, -0.15) is 0 Å². The highest BCUT2D eigenvalue weighted by Gasteiger charge is 2.24. The van der Waals surface area contributed by atoms with E-state index in [1.807, 2.05) is 6.92 Å². The second kappa shape index (κ2) is 5.52. The molecule has 0 spiro atoms. The molecule has 0 saturated carbocycles. The van der Waals surface area contributed by atoms with Crippen LogP contribution in [0.1, 0.15) is 41.4 Å². The van der Waals surface area contributed by atoms with Gasteiger partial charge in [0.2, 0.25) is 0 Å². The van der Waals surface area contributed by atoms with Crippen molar-refractivity contribution in [2.75, 3.05) is 0 Å². The molecule has 0 bridgehead atoms. The van der Waals surface area contributed by atoms with E-state index in [1.54, 1.807) is 6.92 Å². The van der Waals surface area contributed by atoms with Gasteiger partial charge in [-0.05, 0) is 13.3 Å². The second-order valence-electron chi connectivity index (χ2n) is 4.05. The zero-order valence-corrected chi connectivity index (χ0v) is 9.90. The van der Waals surface area contributed by atoms with Crippen LogP contribution in [0.25, 0.3) is 0 Å². The average Bonchev–Trinajstić information content (AvgIpc) is 2.59. The maximum Gasteiger partial charge on any atom is 0.339 e. The standard InChI is InChI=1S/C12H16O5/c1-3-4-8(11(13)14)5-9-10(12(15)16)7(2)6-17-9/h6,8H,3-5H2,1-2H3,(H,13,14)(H,15,16). The number of aliphatic carboxylic acids is 1. The van der Waals surface area contributed by atoms with E-state index in [2.05, 4.69) is 0 Å². The number of rotatable bonds is 6. The van der Waals surface area contributed by atoms with Crippen molar-refractivity contribution in [1.29, 1.82) is 0 Å². The van der Waals surface area contributed by atoms with Crippen molar-refractivity contribution in [2.24, 2.45) is 5.92 Å². The van der Waals surface area contributed by atoms with Gasteiger partial charge in [0.1, 0.15) is 11.3 Å². The van der Waals surface area contributed by atoms with Crippen LogP contribution < -0.4 is 0 Å². The molecular formula is C12H16O5. The molecule has 0 radical (unpaired) electrons. The summed E-state index contributed by atoms with van der Waals surface area (Å²) in [6.07, 6.45) is 2.72. The Morgan fingerprint density at radius 1 is 1.41 bits per heavy atom. The van der Waals surface area contributed by atoms with E-state index in [-0.39, 0.29) is 17.7 Å². The van der Waals surface area contributed by atoms with Crippen LogP contribution >= 0.6 is 0 Å². The Balaban J connectivity index is 2.93. The molecule has 5 heteroatoms. The fourth-order valence-corrected chi connectivity index (χ4v) is 1.82. The molecule has 0 aromatic carbocycles. The minimum Gasteiger partial charge on any atom is -0.481 e. The number of aryl methyl sites for hydroxylation is 1. The highest BCUT2D eigenvalue weighted by molar-refractivity contribution is 5.90. The van der Waals surface area contributed by atoms with Crippen molar-refractivity contribution in [3.05, 3.63) is 23.2 Å². The fraction of sp³-hybridized carbons (Fsp3) is 0.500. The van der Waals surface area contributed by atoms with Gasteiger partial charge in [-0.25, -0.2) is 4.79 Å². The first-order chi connectivity index (χ1) is 7.97. The molecule has 0 amide bonds. The summed E-state index contributed by atoms with van der Waals surface area (Å²) in [6.45, 7) is 3.52. The normalized spacial score (nSPS) is 12.4. The number of furan rings is 1. The molecule has 17 heavy (non-hydrogen) atoms. The predicted octanol–water partition coefficient (Wildman–Crippen LogP) is 2.33.